The molecule has 1 aromatic rings. The molecule has 0 N–H and O–H groups in total. The van der Waals surface area contributed by atoms with E-state index < -0.39 is 11.5 Å². The number of amides is 1. The Kier molecular flexibility index (Phi) is 5.41. The first kappa shape index (κ1) is 18.6. The molecule has 0 aromatic heterocycles. The summed E-state index contributed by atoms with van der Waals surface area (Å²) in [6.45, 7) is 2.50. The van der Waals surface area contributed by atoms with Crippen molar-refractivity contribution in [3.8, 4) is 0 Å². The second-order valence-electron chi connectivity index (χ2n) is 7.21. The van der Waals surface area contributed by atoms with Crippen molar-refractivity contribution in [2.75, 3.05) is 13.7 Å². The molecule has 1 amide bonds. The third-order valence-corrected chi connectivity index (χ3v) is 5.60. The van der Waals surface area contributed by atoms with Gasteiger partial charge in [-0.2, -0.15) is 0 Å². The van der Waals surface area contributed by atoms with E-state index in [0.717, 1.165) is 18.4 Å². The first-order chi connectivity index (χ1) is 12.5. The Labute approximate surface area is 153 Å². The van der Waals surface area contributed by atoms with Crippen LogP contribution in [0.1, 0.15) is 38.2 Å². The molecule has 1 saturated carbocycles. The van der Waals surface area contributed by atoms with E-state index >= 15 is 0 Å². The Hall–Kier alpha value is -2.21. The minimum Gasteiger partial charge on any atom is -0.469 e. The molecule has 1 heterocycles. The summed E-state index contributed by atoms with van der Waals surface area (Å²) >= 11 is 0. The number of β-lactam (4-membered cyclic amide) rings is 1. The number of benzene rings is 1. The lowest BCUT2D eigenvalue weighted by atomic mass is 9.71. The van der Waals surface area contributed by atoms with Crippen molar-refractivity contribution >= 4 is 17.7 Å². The number of carbonyl (C=O) groups excluding carboxylic acids is 3. The Balaban J connectivity index is 1.73. The smallest absolute Gasteiger partial charge is 0.307 e. The van der Waals surface area contributed by atoms with Gasteiger partial charge in [0.2, 0.25) is 0 Å². The Morgan fingerprint density at radius 3 is 2.62 bits per heavy atom. The van der Waals surface area contributed by atoms with Crippen molar-refractivity contribution in [3.05, 3.63) is 35.9 Å². The minimum absolute atomic E-state index is 0.119. The number of ether oxygens (including phenoxy) is 2. The van der Waals surface area contributed by atoms with Crippen molar-refractivity contribution < 1.29 is 23.9 Å². The number of carbonyl (C=O) groups is 3. The fourth-order valence-electron chi connectivity index (χ4n) is 4.03. The zero-order chi connectivity index (χ0) is 18.7. The molecule has 0 bridgehead atoms. The number of rotatable bonds is 7. The maximum atomic E-state index is 12.6. The molecule has 1 aromatic carbocycles. The van der Waals surface area contributed by atoms with E-state index in [2.05, 4.69) is 4.74 Å². The van der Waals surface area contributed by atoms with E-state index in [-0.39, 0.29) is 36.7 Å². The minimum atomic E-state index is -0.639. The number of hydrogen-bond donors (Lipinski definition) is 0. The van der Waals surface area contributed by atoms with Gasteiger partial charge in [-0.3, -0.25) is 14.4 Å². The lowest BCUT2D eigenvalue weighted by molar-refractivity contribution is -0.189. The summed E-state index contributed by atoms with van der Waals surface area (Å²) in [6, 6.07) is 9.32. The molecule has 140 valence electrons. The van der Waals surface area contributed by atoms with Crippen LogP contribution in [0.4, 0.5) is 0 Å². The fourth-order valence-corrected chi connectivity index (χ4v) is 4.03. The summed E-state index contributed by atoms with van der Waals surface area (Å²) in [5.41, 5.74) is 0.376. The standard InChI is InChI=1S/C20H25NO5/c1-20(11-6-9-15(20)22)18-17(26-13-14-7-4-3-5-8-14)19(24)21(18)12-10-16(23)25-2/h3-5,7-8,17-18H,6,9-13H2,1-2H3/t17-,18-,20+/m1/s1. The summed E-state index contributed by atoms with van der Waals surface area (Å²) in [4.78, 5) is 38.2. The molecule has 0 spiro atoms. The SMILES string of the molecule is COC(=O)CCN1C(=O)[C@H](OCc2ccccc2)[C@@H]1[C@@]1(C)CCCC1=O. The number of hydrogen-bond acceptors (Lipinski definition) is 5. The first-order valence-electron chi connectivity index (χ1n) is 9.03. The zero-order valence-electron chi connectivity index (χ0n) is 15.3. The van der Waals surface area contributed by atoms with Gasteiger partial charge in [-0.25, -0.2) is 0 Å². The maximum absolute atomic E-state index is 12.6. The first-order valence-corrected chi connectivity index (χ1v) is 9.03. The van der Waals surface area contributed by atoms with Crippen LogP contribution in [0.15, 0.2) is 30.3 Å². The highest BCUT2D eigenvalue weighted by Crippen LogP contribution is 2.46. The van der Waals surface area contributed by atoms with E-state index in [0.29, 0.717) is 13.0 Å². The highest BCUT2D eigenvalue weighted by Gasteiger charge is 2.60. The molecular weight excluding hydrogens is 334 g/mol. The largest absolute Gasteiger partial charge is 0.469 e. The summed E-state index contributed by atoms with van der Waals surface area (Å²) in [5.74, 6) is -0.352. The summed E-state index contributed by atoms with van der Waals surface area (Å²) < 4.78 is 10.6. The molecule has 0 unspecified atom stereocenters. The molecule has 1 saturated heterocycles. The highest BCUT2D eigenvalue weighted by atomic mass is 16.5. The molecule has 6 nitrogen and oxygen atoms in total. The number of ketones is 1. The van der Waals surface area contributed by atoms with Gasteiger partial charge >= 0.3 is 5.97 Å². The van der Waals surface area contributed by atoms with Crippen LogP contribution in [0.25, 0.3) is 0 Å². The lowest BCUT2D eigenvalue weighted by Gasteiger charge is -2.53. The number of methoxy groups -OCH3 is 1. The maximum Gasteiger partial charge on any atom is 0.307 e. The Morgan fingerprint density at radius 2 is 2.00 bits per heavy atom. The number of Topliss-reactive ketones (excluding diaryl/α,β-unsaturated/α-hetero) is 1. The second kappa shape index (κ2) is 7.58. The third kappa shape index (κ3) is 3.38. The van der Waals surface area contributed by atoms with Crippen LogP contribution in [-0.2, 0) is 30.5 Å². The van der Waals surface area contributed by atoms with Crippen molar-refractivity contribution in [1.29, 1.82) is 0 Å². The molecule has 1 aliphatic heterocycles. The van der Waals surface area contributed by atoms with Gasteiger partial charge in [0.1, 0.15) is 5.78 Å². The van der Waals surface area contributed by atoms with Gasteiger partial charge in [0, 0.05) is 18.4 Å². The van der Waals surface area contributed by atoms with Gasteiger partial charge in [-0.15, -0.1) is 0 Å². The highest BCUT2D eigenvalue weighted by molar-refractivity contribution is 5.95. The van der Waals surface area contributed by atoms with E-state index in [1.807, 2.05) is 37.3 Å². The summed E-state index contributed by atoms with van der Waals surface area (Å²) in [6.07, 6.45) is 1.59. The van der Waals surface area contributed by atoms with Crippen LogP contribution in [0.2, 0.25) is 0 Å². The normalized spacial score (nSPS) is 28.2. The number of likely N-dealkylation sites (tertiary alicyclic amines) is 1. The van der Waals surface area contributed by atoms with Crippen molar-refractivity contribution in [1.82, 2.24) is 4.90 Å². The van der Waals surface area contributed by atoms with Gasteiger partial charge in [0.15, 0.2) is 6.10 Å². The van der Waals surface area contributed by atoms with Crippen LogP contribution in [0.3, 0.4) is 0 Å². The van der Waals surface area contributed by atoms with Gasteiger partial charge in [0.05, 0.1) is 26.2 Å². The van der Waals surface area contributed by atoms with Crippen LogP contribution in [0.5, 0.6) is 0 Å². The van der Waals surface area contributed by atoms with Crippen LogP contribution >= 0.6 is 0 Å². The molecule has 3 atom stereocenters. The molecule has 26 heavy (non-hydrogen) atoms. The molecule has 0 radical (unpaired) electrons. The van der Waals surface area contributed by atoms with Crippen LogP contribution < -0.4 is 0 Å². The van der Waals surface area contributed by atoms with Gasteiger partial charge < -0.3 is 14.4 Å². The van der Waals surface area contributed by atoms with Crippen molar-refractivity contribution in [2.24, 2.45) is 5.41 Å². The van der Waals surface area contributed by atoms with Crippen LogP contribution in [-0.4, -0.2) is 48.4 Å². The van der Waals surface area contributed by atoms with E-state index in [1.54, 1.807) is 4.90 Å². The van der Waals surface area contributed by atoms with Crippen molar-refractivity contribution in [2.45, 2.75) is 51.4 Å². The van der Waals surface area contributed by atoms with E-state index in [9.17, 15) is 14.4 Å². The zero-order valence-corrected chi connectivity index (χ0v) is 15.3. The molecule has 6 heteroatoms. The number of esters is 1. The third-order valence-electron chi connectivity index (χ3n) is 5.60. The van der Waals surface area contributed by atoms with Gasteiger partial charge in [0.25, 0.3) is 5.91 Å². The average molecular weight is 359 g/mol. The Morgan fingerprint density at radius 1 is 1.27 bits per heavy atom. The molecule has 2 fully saturated rings. The monoisotopic (exact) mass is 359 g/mol. The molecule has 2 aliphatic rings. The van der Waals surface area contributed by atoms with Crippen LogP contribution in [0, 0.1) is 5.41 Å². The fraction of sp³-hybridized carbons (Fsp3) is 0.550. The van der Waals surface area contributed by atoms with Gasteiger partial charge in [-0.1, -0.05) is 37.3 Å². The average Bonchev–Trinajstić information content (AvgIpc) is 2.98. The van der Waals surface area contributed by atoms with E-state index in [4.69, 9.17) is 4.74 Å². The molecule has 1 aliphatic carbocycles. The summed E-state index contributed by atoms with van der Waals surface area (Å²) in [7, 11) is 1.32. The topological polar surface area (TPSA) is 72.9 Å². The quantitative estimate of drug-likeness (QED) is 0.551. The number of nitrogens with zero attached hydrogens (tertiary/aromatic N) is 1. The predicted octanol–water partition coefficient (Wildman–Crippen LogP) is 2.10. The van der Waals surface area contributed by atoms with Crippen molar-refractivity contribution in [3.63, 3.8) is 0 Å². The van der Waals surface area contributed by atoms with Gasteiger partial charge in [-0.05, 0) is 18.4 Å². The molecular formula is C20H25NO5. The summed E-state index contributed by atoms with van der Waals surface area (Å²) in [5, 5.41) is 0. The molecule has 3 rings (SSSR count). The lowest BCUT2D eigenvalue weighted by Crippen LogP contribution is -2.71. The Bertz CT molecular complexity index is 689. The van der Waals surface area contributed by atoms with E-state index in [1.165, 1.54) is 7.11 Å². The predicted molar refractivity (Wildman–Crippen MR) is 94.1 cm³/mol. The second-order valence-corrected chi connectivity index (χ2v) is 7.21.